The average Bonchev–Trinajstić information content (AvgIpc) is 3.71. The maximum atomic E-state index is 12.9. The summed E-state index contributed by atoms with van der Waals surface area (Å²) in [7, 11) is -4.71. The van der Waals surface area contributed by atoms with Gasteiger partial charge in [0.25, 0.3) is 5.56 Å². The van der Waals surface area contributed by atoms with E-state index in [4.69, 9.17) is 24.3 Å². The molecule has 6 rings (SSSR count). The van der Waals surface area contributed by atoms with Crippen LogP contribution in [0.2, 0.25) is 0 Å². The summed E-state index contributed by atoms with van der Waals surface area (Å²) in [4.78, 5) is 45.1. The lowest BCUT2D eigenvalue weighted by molar-refractivity contribution is -0.0519. The molecule has 20 heteroatoms. The van der Waals surface area contributed by atoms with Crippen molar-refractivity contribution in [1.82, 2.24) is 39.0 Å². The van der Waals surface area contributed by atoms with Crippen molar-refractivity contribution in [1.29, 1.82) is 0 Å². The molecule has 2 fully saturated rings. The van der Waals surface area contributed by atoms with Gasteiger partial charge in [0.2, 0.25) is 0 Å². The van der Waals surface area contributed by atoms with Crippen LogP contribution >= 0.6 is 7.82 Å². The standard InChI is InChI=1S/C21H26N9O10P/c22-16-12-17(24-5-23-16)30(7-27-12)21-15(33)14(32)10(39-21)1-2-37-41(35,36)40-11-3-9(4-31)38-20(11)29-8-28-13-18(29)25-6-26-19(13)34/h5-11,14-15,20-21,31-33H,1-4H2,(H,35,36)(H2,22,23,24)(H,25,26,34)/t9-,10+,11+,14+,15+,20+,21+/m0/s1. The number of aliphatic hydroxyl groups excluding tert-OH is 3. The quantitative estimate of drug-likeness (QED) is 0.118. The Morgan fingerprint density at radius 2 is 1.78 bits per heavy atom. The summed E-state index contributed by atoms with van der Waals surface area (Å²) in [5.41, 5.74) is 6.09. The number of nitrogens with two attached hydrogens (primary N) is 1. The van der Waals surface area contributed by atoms with Crippen molar-refractivity contribution >= 4 is 36.0 Å². The Morgan fingerprint density at radius 1 is 1.05 bits per heavy atom. The van der Waals surface area contributed by atoms with E-state index in [0.717, 1.165) is 0 Å². The molecule has 0 aliphatic carbocycles. The fourth-order valence-corrected chi connectivity index (χ4v) is 5.89. The number of hydrogen-bond donors (Lipinski definition) is 6. The number of anilines is 1. The van der Waals surface area contributed by atoms with Crippen LogP contribution < -0.4 is 11.3 Å². The minimum Gasteiger partial charge on any atom is -0.394 e. The second-order valence-electron chi connectivity index (χ2n) is 9.49. The molecule has 220 valence electrons. The molecule has 0 bridgehead atoms. The van der Waals surface area contributed by atoms with Gasteiger partial charge < -0.3 is 40.4 Å². The molecule has 0 radical (unpaired) electrons. The topological polar surface area (TPSA) is 268 Å². The number of aliphatic hydroxyl groups is 3. The Bertz CT molecular complexity index is 1660. The van der Waals surface area contributed by atoms with Gasteiger partial charge in [-0.15, -0.1) is 0 Å². The second kappa shape index (κ2) is 10.8. The molecule has 2 aliphatic heterocycles. The summed E-state index contributed by atoms with van der Waals surface area (Å²) in [5.74, 6) is 0.136. The first-order valence-corrected chi connectivity index (χ1v) is 13.9. The van der Waals surface area contributed by atoms with Crippen LogP contribution in [0.3, 0.4) is 0 Å². The van der Waals surface area contributed by atoms with Crippen LogP contribution in [0.5, 0.6) is 0 Å². The molecule has 0 aromatic carbocycles. The molecule has 6 heterocycles. The van der Waals surface area contributed by atoms with Crippen LogP contribution in [0.15, 0.2) is 30.1 Å². The Hall–Kier alpha value is -3.39. The van der Waals surface area contributed by atoms with Crippen molar-refractivity contribution in [3.05, 3.63) is 35.7 Å². The summed E-state index contributed by atoms with van der Waals surface area (Å²) >= 11 is 0. The van der Waals surface area contributed by atoms with Gasteiger partial charge in [0, 0.05) is 12.8 Å². The zero-order valence-electron chi connectivity index (χ0n) is 21.1. The molecule has 0 saturated carbocycles. The van der Waals surface area contributed by atoms with Gasteiger partial charge >= 0.3 is 7.82 Å². The number of fused-ring (bicyclic) bond motifs is 2. The van der Waals surface area contributed by atoms with E-state index >= 15 is 0 Å². The Balaban J connectivity index is 1.10. The van der Waals surface area contributed by atoms with E-state index in [-0.39, 0.29) is 36.4 Å². The molecule has 2 saturated heterocycles. The van der Waals surface area contributed by atoms with Gasteiger partial charge in [-0.1, -0.05) is 0 Å². The van der Waals surface area contributed by atoms with E-state index in [9.17, 15) is 29.6 Å². The third-order valence-electron chi connectivity index (χ3n) is 6.91. The molecule has 19 nitrogen and oxygen atoms in total. The zero-order chi connectivity index (χ0) is 28.9. The van der Waals surface area contributed by atoms with Gasteiger partial charge in [-0.25, -0.2) is 29.5 Å². The number of nitrogens with zero attached hydrogens (tertiary/aromatic N) is 7. The van der Waals surface area contributed by atoms with E-state index in [1.54, 1.807) is 0 Å². The SMILES string of the molecule is Nc1ncnc2c1ncn2[C@@H]1O[C@H](CCOP(=O)(O)O[C@@H]2C[C@@H](CO)O[C@H]2n2cnc3c(=O)[nH]cnc32)[C@@H](O)[C@H]1O. The highest BCUT2D eigenvalue weighted by Gasteiger charge is 2.45. The average molecular weight is 595 g/mol. The van der Waals surface area contributed by atoms with E-state index in [2.05, 4.69) is 29.9 Å². The fourth-order valence-electron chi connectivity index (χ4n) is 4.96. The van der Waals surface area contributed by atoms with E-state index in [1.165, 1.54) is 34.4 Å². The smallest absolute Gasteiger partial charge is 0.394 e. The van der Waals surface area contributed by atoms with Crippen LogP contribution in [0, 0.1) is 0 Å². The van der Waals surface area contributed by atoms with Crippen molar-refractivity contribution in [2.24, 2.45) is 0 Å². The lowest BCUT2D eigenvalue weighted by atomic mass is 10.1. The van der Waals surface area contributed by atoms with E-state index in [0.29, 0.717) is 11.2 Å². The number of imidazole rings is 2. The third-order valence-corrected chi connectivity index (χ3v) is 7.96. The van der Waals surface area contributed by atoms with Crippen LogP contribution in [-0.4, -0.2) is 103 Å². The molecule has 4 aromatic rings. The molecule has 41 heavy (non-hydrogen) atoms. The lowest BCUT2D eigenvalue weighted by Crippen LogP contribution is -2.32. The molecule has 0 spiro atoms. The van der Waals surface area contributed by atoms with E-state index < -0.39 is 63.0 Å². The first-order valence-electron chi connectivity index (χ1n) is 12.4. The van der Waals surface area contributed by atoms with Gasteiger partial charge in [0.05, 0.1) is 44.4 Å². The summed E-state index contributed by atoms with van der Waals surface area (Å²) in [5, 5.41) is 30.8. The van der Waals surface area contributed by atoms with Crippen molar-refractivity contribution in [3.63, 3.8) is 0 Å². The number of nitrogen functional groups attached to an aromatic ring is 1. The number of ether oxygens (including phenoxy) is 2. The summed E-state index contributed by atoms with van der Waals surface area (Å²) < 4.78 is 37.7. The monoisotopic (exact) mass is 595 g/mol. The number of aromatic amines is 1. The first-order chi connectivity index (χ1) is 19.7. The van der Waals surface area contributed by atoms with Crippen molar-refractivity contribution in [2.75, 3.05) is 18.9 Å². The van der Waals surface area contributed by atoms with Crippen LogP contribution in [0.1, 0.15) is 25.3 Å². The zero-order valence-corrected chi connectivity index (χ0v) is 22.0. The van der Waals surface area contributed by atoms with Gasteiger partial charge in [-0.3, -0.25) is 23.0 Å². The maximum Gasteiger partial charge on any atom is 0.472 e. The summed E-state index contributed by atoms with van der Waals surface area (Å²) in [6.45, 7) is -0.778. The number of aromatic nitrogens is 8. The highest BCUT2D eigenvalue weighted by molar-refractivity contribution is 7.47. The number of phosphoric acid groups is 1. The normalized spacial score (nSPS) is 29.9. The molecule has 4 aromatic heterocycles. The number of H-pyrrole nitrogens is 1. The number of phosphoric ester groups is 1. The maximum absolute atomic E-state index is 12.9. The van der Waals surface area contributed by atoms with Crippen LogP contribution in [0.25, 0.3) is 22.3 Å². The molecule has 2 aliphatic rings. The van der Waals surface area contributed by atoms with E-state index in [1.807, 2.05) is 0 Å². The Labute approximate surface area is 229 Å². The second-order valence-corrected chi connectivity index (χ2v) is 10.9. The Kier molecular flexibility index (Phi) is 7.30. The molecule has 8 atom stereocenters. The molecule has 1 unspecified atom stereocenters. The molecule has 7 N–H and O–H groups in total. The fraction of sp³-hybridized carbons (Fsp3) is 0.524. The van der Waals surface area contributed by atoms with Gasteiger partial charge in [0.15, 0.2) is 35.1 Å². The Morgan fingerprint density at radius 3 is 2.56 bits per heavy atom. The minimum atomic E-state index is -4.71. The minimum absolute atomic E-state index is 0.0287. The predicted octanol–water partition coefficient (Wildman–Crippen LogP) is -1.67. The van der Waals surface area contributed by atoms with Crippen molar-refractivity contribution in [3.8, 4) is 0 Å². The largest absolute Gasteiger partial charge is 0.472 e. The number of hydrogen-bond acceptors (Lipinski definition) is 15. The molecular formula is C21H26N9O10P. The summed E-state index contributed by atoms with van der Waals surface area (Å²) in [6.07, 6.45) is -2.66. The lowest BCUT2D eigenvalue weighted by Gasteiger charge is -2.23. The number of rotatable bonds is 9. The van der Waals surface area contributed by atoms with Crippen LogP contribution in [0.4, 0.5) is 5.82 Å². The van der Waals surface area contributed by atoms with Crippen molar-refractivity contribution in [2.45, 2.75) is 55.8 Å². The highest BCUT2D eigenvalue weighted by atomic mass is 31.2. The van der Waals surface area contributed by atoms with Gasteiger partial charge in [-0.05, 0) is 0 Å². The van der Waals surface area contributed by atoms with Gasteiger partial charge in [0.1, 0.15) is 30.2 Å². The molecular weight excluding hydrogens is 569 g/mol. The highest BCUT2D eigenvalue weighted by Crippen LogP contribution is 2.49. The van der Waals surface area contributed by atoms with Crippen LogP contribution in [-0.2, 0) is 23.1 Å². The third kappa shape index (κ3) is 5.11. The number of nitrogens with one attached hydrogen (secondary N) is 1. The first kappa shape index (κ1) is 27.8. The molecule has 0 amide bonds. The van der Waals surface area contributed by atoms with Gasteiger partial charge in [-0.2, -0.15) is 0 Å². The van der Waals surface area contributed by atoms with Crippen molar-refractivity contribution < 1.29 is 43.3 Å². The predicted molar refractivity (Wildman–Crippen MR) is 135 cm³/mol. The summed E-state index contributed by atoms with van der Waals surface area (Å²) in [6, 6.07) is 0.